The summed E-state index contributed by atoms with van der Waals surface area (Å²) >= 11 is 0. The fourth-order valence-electron chi connectivity index (χ4n) is 2.39. The van der Waals surface area contributed by atoms with Crippen LogP contribution in [0.3, 0.4) is 0 Å². The van der Waals surface area contributed by atoms with E-state index in [9.17, 15) is 4.79 Å². The predicted molar refractivity (Wildman–Crippen MR) is 80.3 cm³/mol. The molecule has 106 valence electrons. The Kier molecular flexibility index (Phi) is 5.16. The zero-order valence-electron chi connectivity index (χ0n) is 11.9. The number of nitrogens with zero attached hydrogens (tertiary/aromatic N) is 1. The van der Waals surface area contributed by atoms with Gasteiger partial charge in [-0.1, -0.05) is 11.8 Å². The normalized spacial score (nSPS) is 18.4. The van der Waals surface area contributed by atoms with Crippen LogP contribution < -0.4 is 11.1 Å². The van der Waals surface area contributed by atoms with Gasteiger partial charge in [0, 0.05) is 24.2 Å². The highest BCUT2D eigenvalue weighted by Crippen LogP contribution is 2.13. The maximum atomic E-state index is 12.0. The molecule has 4 nitrogen and oxygen atoms in total. The second-order valence-corrected chi connectivity index (χ2v) is 5.21. The van der Waals surface area contributed by atoms with Crippen molar-refractivity contribution < 1.29 is 4.79 Å². The molecule has 20 heavy (non-hydrogen) atoms. The van der Waals surface area contributed by atoms with Crippen molar-refractivity contribution in [2.24, 2.45) is 11.7 Å². The van der Waals surface area contributed by atoms with Crippen LogP contribution in [0.1, 0.15) is 22.3 Å². The average Bonchev–Trinajstić information content (AvgIpc) is 2.89. The molecule has 1 fully saturated rings. The Hall–Kier alpha value is -1.83. The Morgan fingerprint density at radius 3 is 2.80 bits per heavy atom. The number of nitrogens with one attached hydrogen (secondary N) is 1. The molecule has 1 heterocycles. The number of rotatable bonds is 3. The molecule has 2 rings (SSSR count). The molecule has 0 radical (unpaired) electrons. The summed E-state index contributed by atoms with van der Waals surface area (Å²) in [5, 5.41) is 3.00. The topological polar surface area (TPSA) is 58.4 Å². The summed E-state index contributed by atoms with van der Waals surface area (Å²) < 4.78 is 0. The van der Waals surface area contributed by atoms with Gasteiger partial charge in [-0.05, 0) is 50.2 Å². The van der Waals surface area contributed by atoms with Crippen molar-refractivity contribution in [3.05, 3.63) is 35.4 Å². The van der Waals surface area contributed by atoms with Crippen LogP contribution in [0.25, 0.3) is 0 Å². The van der Waals surface area contributed by atoms with Crippen molar-refractivity contribution in [1.82, 2.24) is 10.2 Å². The Morgan fingerprint density at radius 1 is 1.45 bits per heavy atom. The second kappa shape index (κ2) is 7.09. The van der Waals surface area contributed by atoms with E-state index in [0.717, 1.165) is 31.6 Å². The molecule has 1 unspecified atom stereocenters. The molecule has 0 spiro atoms. The van der Waals surface area contributed by atoms with Crippen molar-refractivity contribution in [3.8, 4) is 11.8 Å². The Labute approximate surface area is 120 Å². The Bertz CT molecular complexity index is 513. The summed E-state index contributed by atoms with van der Waals surface area (Å²) in [5.74, 6) is 6.28. The first-order chi connectivity index (χ1) is 9.69. The van der Waals surface area contributed by atoms with Gasteiger partial charge in [0.2, 0.25) is 0 Å². The smallest absolute Gasteiger partial charge is 0.251 e. The van der Waals surface area contributed by atoms with E-state index in [4.69, 9.17) is 5.73 Å². The summed E-state index contributed by atoms with van der Waals surface area (Å²) in [6.45, 7) is 3.28. The first-order valence-electron chi connectivity index (χ1n) is 6.95. The van der Waals surface area contributed by atoms with E-state index in [2.05, 4.69) is 29.1 Å². The largest absolute Gasteiger partial charge is 0.352 e. The van der Waals surface area contributed by atoms with E-state index in [-0.39, 0.29) is 5.91 Å². The monoisotopic (exact) mass is 271 g/mol. The van der Waals surface area contributed by atoms with E-state index >= 15 is 0 Å². The molecule has 3 N–H and O–H groups in total. The minimum atomic E-state index is -0.0158. The molecule has 1 amide bonds. The van der Waals surface area contributed by atoms with Crippen molar-refractivity contribution in [3.63, 3.8) is 0 Å². The zero-order valence-corrected chi connectivity index (χ0v) is 11.9. The third-order valence-corrected chi connectivity index (χ3v) is 3.52. The van der Waals surface area contributed by atoms with Crippen LogP contribution in [-0.2, 0) is 0 Å². The lowest BCUT2D eigenvalue weighted by atomic mass is 10.1. The molecular formula is C16H21N3O. The van der Waals surface area contributed by atoms with Crippen LogP contribution in [0.15, 0.2) is 24.3 Å². The predicted octanol–water partition coefficient (Wildman–Crippen LogP) is 0.678. The van der Waals surface area contributed by atoms with E-state index in [0.29, 0.717) is 18.0 Å². The fourth-order valence-corrected chi connectivity index (χ4v) is 2.39. The molecule has 0 aromatic heterocycles. The number of amides is 1. The summed E-state index contributed by atoms with van der Waals surface area (Å²) in [5.41, 5.74) is 6.88. The van der Waals surface area contributed by atoms with Crippen LogP contribution >= 0.6 is 0 Å². The van der Waals surface area contributed by atoms with Crippen LogP contribution in [0.5, 0.6) is 0 Å². The standard InChI is InChI=1S/C16H21N3O/c1-19-10-8-14(12-19)11-18-16(20)15-6-4-13(5-7-15)3-2-9-17/h4-7,14H,8-12,17H2,1H3,(H,18,20). The highest BCUT2D eigenvalue weighted by molar-refractivity contribution is 5.94. The summed E-state index contributed by atoms with van der Waals surface area (Å²) in [7, 11) is 2.11. The molecular weight excluding hydrogens is 250 g/mol. The minimum absolute atomic E-state index is 0.0158. The zero-order chi connectivity index (χ0) is 14.4. The molecule has 1 aliphatic rings. The molecule has 1 saturated heterocycles. The van der Waals surface area contributed by atoms with Gasteiger partial charge >= 0.3 is 0 Å². The molecule has 4 heteroatoms. The maximum Gasteiger partial charge on any atom is 0.251 e. The molecule has 1 aromatic rings. The van der Waals surface area contributed by atoms with Gasteiger partial charge in [-0.15, -0.1) is 0 Å². The quantitative estimate of drug-likeness (QED) is 0.795. The van der Waals surface area contributed by atoms with Gasteiger partial charge in [0.1, 0.15) is 0 Å². The van der Waals surface area contributed by atoms with E-state index in [1.165, 1.54) is 0 Å². The third-order valence-electron chi connectivity index (χ3n) is 3.52. The van der Waals surface area contributed by atoms with Gasteiger partial charge in [0.25, 0.3) is 5.91 Å². The maximum absolute atomic E-state index is 12.0. The van der Waals surface area contributed by atoms with E-state index in [1.807, 2.05) is 12.1 Å². The lowest BCUT2D eigenvalue weighted by molar-refractivity contribution is 0.0947. The number of carbonyl (C=O) groups is 1. The fraction of sp³-hybridized carbons (Fsp3) is 0.438. The number of benzene rings is 1. The van der Waals surface area contributed by atoms with Gasteiger partial charge in [-0.2, -0.15) is 0 Å². The van der Waals surface area contributed by atoms with Gasteiger partial charge in [-0.25, -0.2) is 0 Å². The number of likely N-dealkylation sites (tertiary alicyclic amines) is 1. The van der Waals surface area contributed by atoms with Gasteiger partial charge in [-0.3, -0.25) is 4.79 Å². The lowest BCUT2D eigenvalue weighted by Crippen LogP contribution is -2.30. The van der Waals surface area contributed by atoms with Crippen LogP contribution in [0, 0.1) is 17.8 Å². The average molecular weight is 271 g/mol. The van der Waals surface area contributed by atoms with E-state index < -0.39 is 0 Å². The first-order valence-corrected chi connectivity index (χ1v) is 6.95. The summed E-state index contributed by atoms with van der Waals surface area (Å²) in [6.07, 6.45) is 1.16. The first kappa shape index (κ1) is 14.6. The Morgan fingerprint density at radius 2 is 2.20 bits per heavy atom. The van der Waals surface area contributed by atoms with Gasteiger partial charge in [0.15, 0.2) is 0 Å². The molecule has 1 aliphatic heterocycles. The van der Waals surface area contributed by atoms with Gasteiger partial charge in [0.05, 0.1) is 6.54 Å². The van der Waals surface area contributed by atoms with Gasteiger partial charge < -0.3 is 16.0 Å². The minimum Gasteiger partial charge on any atom is -0.352 e. The second-order valence-electron chi connectivity index (χ2n) is 5.21. The Balaban J connectivity index is 1.86. The van der Waals surface area contributed by atoms with Crippen LogP contribution in [-0.4, -0.2) is 44.0 Å². The third kappa shape index (κ3) is 4.09. The molecule has 0 saturated carbocycles. The summed E-state index contributed by atoms with van der Waals surface area (Å²) in [6, 6.07) is 7.30. The van der Waals surface area contributed by atoms with Crippen LogP contribution in [0.2, 0.25) is 0 Å². The van der Waals surface area contributed by atoms with E-state index in [1.54, 1.807) is 12.1 Å². The lowest BCUT2D eigenvalue weighted by Gasteiger charge is -2.11. The van der Waals surface area contributed by atoms with Crippen molar-refractivity contribution >= 4 is 5.91 Å². The highest BCUT2D eigenvalue weighted by atomic mass is 16.1. The molecule has 0 aliphatic carbocycles. The summed E-state index contributed by atoms with van der Waals surface area (Å²) in [4.78, 5) is 14.3. The van der Waals surface area contributed by atoms with Crippen molar-refractivity contribution in [1.29, 1.82) is 0 Å². The van der Waals surface area contributed by atoms with Crippen molar-refractivity contribution in [2.45, 2.75) is 6.42 Å². The molecule has 0 bridgehead atoms. The SMILES string of the molecule is CN1CCC(CNC(=O)c2ccc(C#CCN)cc2)C1. The molecule has 1 aromatic carbocycles. The highest BCUT2D eigenvalue weighted by Gasteiger charge is 2.19. The molecule has 1 atom stereocenters. The number of hydrogen-bond donors (Lipinski definition) is 2. The van der Waals surface area contributed by atoms with Crippen LogP contribution in [0.4, 0.5) is 0 Å². The number of nitrogens with two attached hydrogens (primary N) is 1. The van der Waals surface area contributed by atoms with Crippen molar-refractivity contribution in [2.75, 3.05) is 33.2 Å². The number of carbonyl (C=O) groups excluding carboxylic acids is 1. The number of hydrogen-bond acceptors (Lipinski definition) is 3.